The molecular formula is C22H25N3O3S. The standard InChI is InChI=1S/C22H25N3O3S/c1-3-4-13-23-20(26)15-29-22-24-19-8-6-5-7-18(19)21(27)25(22)14-16-9-11-17(28-2)12-10-16/h5-12H,3-4,13-15H2,1-2H3,(H,23,26). The maximum atomic E-state index is 13.1. The first kappa shape index (κ1) is 20.9. The van der Waals surface area contributed by atoms with E-state index in [2.05, 4.69) is 17.2 Å². The number of hydrogen-bond acceptors (Lipinski definition) is 5. The average molecular weight is 412 g/mol. The number of nitrogens with zero attached hydrogens (tertiary/aromatic N) is 2. The lowest BCUT2D eigenvalue weighted by molar-refractivity contribution is -0.118. The van der Waals surface area contributed by atoms with Crippen LogP contribution in [0.25, 0.3) is 10.9 Å². The Morgan fingerprint density at radius 1 is 1.17 bits per heavy atom. The molecule has 0 aliphatic heterocycles. The maximum Gasteiger partial charge on any atom is 0.262 e. The third kappa shape index (κ3) is 5.38. The van der Waals surface area contributed by atoms with Gasteiger partial charge in [0.25, 0.3) is 5.56 Å². The summed E-state index contributed by atoms with van der Waals surface area (Å²) in [7, 11) is 1.62. The summed E-state index contributed by atoms with van der Waals surface area (Å²) < 4.78 is 6.83. The van der Waals surface area contributed by atoms with E-state index in [1.807, 2.05) is 42.5 Å². The van der Waals surface area contributed by atoms with Crippen LogP contribution in [-0.4, -0.2) is 34.9 Å². The van der Waals surface area contributed by atoms with Crippen LogP contribution in [0.5, 0.6) is 5.75 Å². The fourth-order valence-electron chi connectivity index (χ4n) is 2.90. The smallest absolute Gasteiger partial charge is 0.262 e. The van der Waals surface area contributed by atoms with Gasteiger partial charge in [-0.05, 0) is 36.2 Å². The van der Waals surface area contributed by atoms with Gasteiger partial charge in [0.1, 0.15) is 5.75 Å². The molecule has 0 spiro atoms. The molecule has 2 aromatic carbocycles. The highest BCUT2D eigenvalue weighted by molar-refractivity contribution is 7.99. The highest BCUT2D eigenvalue weighted by Gasteiger charge is 2.13. The Morgan fingerprint density at radius 2 is 1.93 bits per heavy atom. The van der Waals surface area contributed by atoms with Crippen molar-refractivity contribution in [3.05, 3.63) is 64.4 Å². The fraction of sp³-hybridized carbons (Fsp3) is 0.318. The zero-order chi connectivity index (χ0) is 20.6. The van der Waals surface area contributed by atoms with Crippen LogP contribution in [-0.2, 0) is 11.3 Å². The number of carbonyl (C=O) groups excluding carboxylic acids is 1. The Morgan fingerprint density at radius 3 is 2.66 bits per heavy atom. The zero-order valence-electron chi connectivity index (χ0n) is 16.7. The van der Waals surface area contributed by atoms with E-state index in [4.69, 9.17) is 4.74 Å². The number of carbonyl (C=O) groups is 1. The lowest BCUT2D eigenvalue weighted by Gasteiger charge is -2.13. The number of amides is 1. The Balaban J connectivity index is 1.88. The first-order valence-corrected chi connectivity index (χ1v) is 10.6. The van der Waals surface area contributed by atoms with E-state index in [1.165, 1.54) is 11.8 Å². The van der Waals surface area contributed by atoms with Crippen molar-refractivity contribution in [1.29, 1.82) is 0 Å². The molecule has 7 heteroatoms. The second kappa shape index (κ2) is 10.1. The molecule has 3 rings (SSSR count). The van der Waals surface area contributed by atoms with Crippen molar-refractivity contribution in [1.82, 2.24) is 14.9 Å². The Kier molecular flexibility index (Phi) is 7.30. The molecule has 0 radical (unpaired) electrons. The molecule has 0 fully saturated rings. The van der Waals surface area contributed by atoms with E-state index in [1.54, 1.807) is 17.7 Å². The van der Waals surface area contributed by atoms with Crippen LogP contribution in [0, 0.1) is 0 Å². The third-order valence-electron chi connectivity index (χ3n) is 4.51. The van der Waals surface area contributed by atoms with Gasteiger partial charge in [-0.1, -0.05) is 49.4 Å². The molecule has 1 heterocycles. The summed E-state index contributed by atoms with van der Waals surface area (Å²) in [6.07, 6.45) is 1.98. The number of aromatic nitrogens is 2. The summed E-state index contributed by atoms with van der Waals surface area (Å²) in [5.41, 5.74) is 1.48. The zero-order valence-corrected chi connectivity index (χ0v) is 17.5. The molecule has 6 nitrogen and oxygen atoms in total. The van der Waals surface area contributed by atoms with Crippen LogP contribution < -0.4 is 15.6 Å². The molecule has 0 aliphatic rings. The van der Waals surface area contributed by atoms with Crippen LogP contribution in [0.1, 0.15) is 25.3 Å². The van der Waals surface area contributed by atoms with Gasteiger partial charge in [0.05, 0.1) is 30.3 Å². The molecule has 0 atom stereocenters. The minimum absolute atomic E-state index is 0.0538. The molecule has 1 amide bonds. The minimum Gasteiger partial charge on any atom is -0.497 e. The predicted octanol–water partition coefficient (Wildman–Crippen LogP) is 3.46. The van der Waals surface area contributed by atoms with Crippen LogP contribution >= 0.6 is 11.8 Å². The minimum atomic E-state index is -0.111. The number of rotatable bonds is 9. The number of nitrogens with one attached hydrogen (secondary N) is 1. The number of ether oxygens (including phenoxy) is 1. The third-order valence-corrected chi connectivity index (χ3v) is 5.49. The molecule has 29 heavy (non-hydrogen) atoms. The molecular weight excluding hydrogens is 386 g/mol. The Bertz CT molecular complexity index is 1030. The van der Waals surface area contributed by atoms with Crippen molar-refractivity contribution in [2.75, 3.05) is 19.4 Å². The average Bonchev–Trinajstić information content (AvgIpc) is 2.75. The number of para-hydroxylation sites is 1. The maximum absolute atomic E-state index is 13.1. The van der Waals surface area contributed by atoms with Gasteiger partial charge in [-0.2, -0.15) is 0 Å². The second-order valence-electron chi connectivity index (χ2n) is 6.64. The van der Waals surface area contributed by atoms with Crippen molar-refractivity contribution in [3.8, 4) is 5.75 Å². The molecule has 0 saturated heterocycles. The number of fused-ring (bicyclic) bond motifs is 1. The molecule has 0 aliphatic carbocycles. The predicted molar refractivity (Wildman–Crippen MR) is 117 cm³/mol. The molecule has 0 saturated carbocycles. The van der Waals surface area contributed by atoms with Gasteiger partial charge >= 0.3 is 0 Å². The number of thioether (sulfide) groups is 1. The van der Waals surface area contributed by atoms with E-state index in [-0.39, 0.29) is 17.2 Å². The summed E-state index contributed by atoms with van der Waals surface area (Å²) in [4.78, 5) is 29.9. The largest absolute Gasteiger partial charge is 0.497 e. The molecule has 3 aromatic rings. The number of methoxy groups -OCH3 is 1. The highest BCUT2D eigenvalue weighted by Crippen LogP contribution is 2.20. The molecule has 0 bridgehead atoms. The number of benzene rings is 2. The van der Waals surface area contributed by atoms with Crippen LogP contribution in [0.2, 0.25) is 0 Å². The first-order valence-electron chi connectivity index (χ1n) is 9.64. The summed E-state index contributed by atoms with van der Waals surface area (Å²) in [5.74, 6) is 0.926. The van der Waals surface area contributed by atoms with Crippen LogP contribution in [0.3, 0.4) is 0 Å². The summed E-state index contributed by atoms with van der Waals surface area (Å²) in [5, 5.41) is 4.00. The monoisotopic (exact) mass is 411 g/mol. The summed E-state index contributed by atoms with van der Waals surface area (Å²) >= 11 is 1.28. The van der Waals surface area contributed by atoms with Crippen molar-refractivity contribution in [2.24, 2.45) is 0 Å². The molecule has 1 N–H and O–H groups in total. The van der Waals surface area contributed by atoms with Crippen molar-refractivity contribution >= 4 is 28.6 Å². The highest BCUT2D eigenvalue weighted by atomic mass is 32.2. The second-order valence-corrected chi connectivity index (χ2v) is 7.59. The van der Waals surface area contributed by atoms with Crippen molar-refractivity contribution in [3.63, 3.8) is 0 Å². The van der Waals surface area contributed by atoms with E-state index in [9.17, 15) is 9.59 Å². The van der Waals surface area contributed by atoms with Crippen molar-refractivity contribution in [2.45, 2.75) is 31.5 Å². The van der Waals surface area contributed by atoms with Crippen LogP contribution in [0.15, 0.2) is 58.5 Å². The van der Waals surface area contributed by atoms with Crippen molar-refractivity contribution < 1.29 is 9.53 Å². The lowest BCUT2D eigenvalue weighted by Crippen LogP contribution is -2.28. The quantitative estimate of drug-likeness (QED) is 0.332. The van der Waals surface area contributed by atoms with E-state index < -0.39 is 0 Å². The fourth-order valence-corrected chi connectivity index (χ4v) is 3.72. The lowest BCUT2D eigenvalue weighted by atomic mass is 10.2. The molecule has 1 aromatic heterocycles. The van der Waals surface area contributed by atoms with E-state index >= 15 is 0 Å². The van der Waals surface area contributed by atoms with Gasteiger partial charge in [-0.3, -0.25) is 14.2 Å². The Labute approximate surface area is 174 Å². The van der Waals surface area contributed by atoms with Crippen LogP contribution in [0.4, 0.5) is 0 Å². The van der Waals surface area contributed by atoms with E-state index in [0.29, 0.717) is 29.1 Å². The SMILES string of the molecule is CCCCNC(=O)CSc1nc2ccccc2c(=O)n1Cc1ccc(OC)cc1. The van der Waals surface area contributed by atoms with Gasteiger partial charge < -0.3 is 10.1 Å². The van der Waals surface area contributed by atoms with E-state index in [0.717, 1.165) is 24.2 Å². The topological polar surface area (TPSA) is 73.2 Å². The normalized spacial score (nSPS) is 10.8. The number of unbranched alkanes of at least 4 members (excludes halogenated alkanes) is 1. The van der Waals surface area contributed by atoms with Gasteiger partial charge in [0.2, 0.25) is 5.91 Å². The summed E-state index contributed by atoms with van der Waals surface area (Å²) in [6.45, 7) is 3.12. The molecule has 0 unspecified atom stereocenters. The molecule has 152 valence electrons. The Hall–Kier alpha value is -2.80. The number of hydrogen-bond donors (Lipinski definition) is 1. The van der Waals surface area contributed by atoms with Gasteiger partial charge in [0, 0.05) is 6.54 Å². The first-order chi connectivity index (χ1) is 14.1. The van der Waals surface area contributed by atoms with Gasteiger partial charge in [-0.15, -0.1) is 0 Å². The summed E-state index contributed by atoms with van der Waals surface area (Å²) in [6, 6.07) is 14.9. The van der Waals surface area contributed by atoms with Gasteiger partial charge in [-0.25, -0.2) is 4.98 Å². The van der Waals surface area contributed by atoms with Gasteiger partial charge in [0.15, 0.2) is 5.16 Å².